The smallest absolute Gasteiger partial charge is 0.115 e. The molecule has 0 radical (unpaired) electrons. The van der Waals surface area contributed by atoms with Crippen LogP contribution >= 0.6 is 0 Å². The van der Waals surface area contributed by atoms with E-state index >= 15 is 0 Å². The van der Waals surface area contributed by atoms with Crippen LogP contribution < -0.4 is 0 Å². The fourth-order valence-corrected chi connectivity index (χ4v) is 2.65. The van der Waals surface area contributed by atoms with Crippen molar-refractivity contribution in [2.24, 2.45) is 0 Å². The molecule has 1 N–H and O–H groups in total. The lowest BCUT2D eigenvalue weighted by Gasteiger charge is -2.21. The minimum atomic E-state index is 0.371. The van der Waals surface area contributed by atoms with Gasteiger partial charge in [0.1, 0.15) is 5.75 Å². The summed E-state index contributed by atoms with van der Waals surface area (Å²) >= 11 is 0. The first-order valence-corrected chi connectivity index (χ1v) is 6.07. The van der Waals surface area contributed by atoms with Crippen LogP contribution in [0.4, 0.5) is 0 Å². The highest BCUT2D eigenvalue weighted by Gasteiger charge is 2.17. The molecule has 1 nitrogen and oxygen atoms in total. The molecule has 17 heavy (non-hydrogen) atoms. The second kappa shape index (κ2) is 3.63. The van der Waals surface area contributed by atoms with Gasteiger partial charge in [-0.3, -0.25) is 0 Å². The molecule has 0 atom stereocenters. The van der Waals surface area contributed by atoms with Crippen molar-refractivity contribution in [2.75, 3.05) is 0 Å². The number of benzene rings is 2. The number of aryl methyl sites for hydroxylation is 4. The van der Waals surface area contributed by atoms with E-state index in [-0.39, 0.29) is 0 Å². The second-order valence-corrected chi connectivity index (χ2v) is 4.94. The Morgan fingerprint density at radius 2 is 1.47 bits per heavy atom. The first kappa shape index (κ1) is 10.4. The van der Waals surface area contributed by atoms with Crippen LogP contribution in [0.1, 0.15) is 22.3 Å². The molecule has 0 bridgehead atoms. The number of hydrogen-bond donors (Lipinski definition) is 1. The van der Waals surface area contributed by atoms with E-state index in [9.17, 15) is 5.11 Å². The number of phenolic OH excluding ortho intramolecular Hbond substituents is 1. The van der Waals surface area contributed by atoms with Crippen LogP contribution in [0.25, 0.3) is 11.1 Å². The van der Waals surface area contributed by atoms with Gasteiger partial charge in [-0.2, -0.15) is 0 Å². The van der Waals surface area contributed by atoms with Crippen molar-refractivity contribution in [1.82, 2.24) is 0 Å². The van der Waals surface area contributed by atoms with Crippen LogP contribution in [0.3, 0.4) is 0 Å². The van der Waals surface area contributed by atoms with E-state index in [1.165, 1.54) is 33.4 Å². The highest BCUT2D eigenvalue weighted by molar-refractivity contribution is 5.74. The molecule has 0 saturated heterocycles. The Kier molecular flexibility index (Phi) is 2.22. The number of hydrogen-bond acceptors (Lipinski definition) is 1. The lowest BCUT2D eigenvalue weighted by atomic mass is 9.83. The number of aromatic hydroxyl groups is 1. The molecule has 0 fully saturated rings. The molecular formula is C16H16O. The summed E-state index contributed by atoms with van der Waals surface area (Å²) in [7, 11) is 0. The normalized spacial score (nSPS) is 13.1. The van der Waals surface area contributed by atoms with Crippen molar-refractivity contribution in [3.8, 4) is 16.9 Å². The third-order valence-corrected chi connectivity index (χ3v) is 3.76. The Hall–Kier alpha value is -1.76. The zero-order valence-corrected chi connectivity index (χ0v) is 10.2. The SMILES string of the molecule is Cc1cc2c(cc1C)-c1ccc(O)cc1CC2. The predicted molar refractivity (Wildman–Crippen MR) is 70.4 cm³/mol. The van der Waals surface area contributed by atoms with Crippen molar-refractivity contribution >= 4 is 0 Å². The first-order valence-electron chi connectivity index (χ1n) is 6.07. The molecule has 3 rings (SSSR count). The largest absolute Gasteiger partial charge is 0.508 e. The summed E-state index contributed by atoms with van der Waals surface area (Å²) in [5.41, 5.74) is 8.03. The van der Waals surface area contributed by atoms with Crippen molar-refractivity contribution in [2.45, 2.75) is 26.7 Å². The molecule has 1 heteroatoms. The van der Waals surface area contributed by atoms with E-state index < -0.39 is 0 Å². The van der Waals surface area contributed by atoms with E-state index in [1.54, 1.807) is 6.07 Å². The Balaban J connectivity index is 2.25. The van der Waals surface area contributed by atoms with E-state index in [0.29, 0.717) is 5.75 Å². The topological polar surface area (TPSA) is 20.2 Å². The van der Waals surface area contributed by atoms with Gasteiger partial charge in [0, 0.05) is 0 Å². The zero-order valence-electron chi connectivity index (χ0n) is 10.2. The summed E-state index contributed by atoms with van der Waals surface area (Å²) in [6, 6.07) is 10.3. The zero-order chi connectivity index (χ0) is 12.0. The molecule has 0 aromatic heterocycles. The average Bonchev–Trinajstić information content (AvgIpc) is 2.30. The van der Waals surface area contributed by atoms with Crippen LogP contribution in [0.15, 0.2) is 30.3 Å². The lowest BCUT2D eigenvalue weighted by molar-refractivity contribution is 0.474. The second-order valence-electron chi connectivity index (χ2n) is 4.94. The Labute approximate surface area is 102 Å². The van der Waals surface area contributed by atoms with Crippen molar-refractivity contribution < 1.29 is 5.11 Å². The maximum absolute atomic E-state index is 9.53. The quantitative estimate of drug-likeness (QED) is 0.722. The van der Waals surface area contributed by atoms with Gasteiger partial charge in [0.05, 0.1) is 0 Å². The Morgan fingerprint density at radius 1 is 0.824 bits per heavy atom. The summed E-state index contributed by atoms with van der Waals surface area (Å²) in [5, 5.41) is 9.53. The minimum absolute atomic E-state index is 0.371. The fraction of sp³-hybridized carbons (Fsp3) is 0.250. The average molecular weight is 224 g/mol. The van der Waals surface area contributed by atoms with Gasteiger partial charge in [-0.25, -0.2) is 0 Å². The molecule has 86 valence electrons. The molecule has 0 unspecified atom stereocenters. The van der Waals surface area contributed by atoms with Crippen LogP contribution in [0.2, 0.25) is 0 Å². The Morgan fingerprint density at radius 3 is 2.24 bits per heavy atom. The predicted octanol–water partition coefficient (Wildman–Crippen LogP) is 3.77. The van der Waals surface area contributed by atoms with Crippen LogP contribution in [0.5, 0.6) is 5.75 Å². The van der Waals surface area contributed by atoms with Crippen LogP contribution in [-0.2, 0) is 12.8 Å². The lowest BCUT2D eigenvalue weighted by Crippen LogP contribution is -2.04. The highest BCUT2D eigenvalue weighted by atomic mass is 16.3. The van der Waals surface area contributed by atoms with Gasteiger partial charge in [-0.15, -0.1) is 0 Å². The number of phenols is 1. The molecule has 0 aliphatic heterocycles. The summed E-state index contributed by atoms with van der Waals surface area (Å²) in [5.74, 6) is 0.371. The molecule has 2 aromatic rings. The van der Waals surface area contributed by atoms with Crippen molar-refractivity contribution in [3.63, 3.8) is 0 Å². The van der Waals surface area contributed by atoms with E-state index in [0.717, 1.165) is 12.8 Å². The summed E-state index contributed by atoms with van der Waals surface area (Å²) in [6.07, 6.45) is 2.10. The van der Waals surface area contributed by atoms with Gasteiger partial charge in [-0.05, 0) is 72.2 Å². The van der Waals surface area contributed by atoms with Gasteiger partial charge in [0.25, 0.3) is 0 Å². The van der Waals surface area contributed by atoms with Gasteiger partial charge in [-0.1, -0.05) is 18.2 Å². The molecule has 2 aromatic carbocycles. The number of fused-ring (bicyclic) bond motifs is 3. The van der Waals surface area contributed by atoms with E-state index in [1.807, 2.05) is 12.1 Å². The van der Waals surface area contributed by atoms with E-state index in [2.05, 4.69) is 26.0 Å². The van der Waals surface area contributed by atoms with Crippen LogP contribution in [0, 0.1) is 13.8 Å². The maximum Gasteiger partial charge on any atom is 0.115 e. The van der Waals surface area contributed by atoms with Gasteiger partial charge < -0.3 is 5.11 Å². The van der Waals surface area contributed by atoms with Gasteiger partial charge >= 0.3 is 0 Å². The molecule has 0 amide bonds. The molecule has 1 aliphatic carbocycles. The number of rotatable bonds is 0. The fourth-order valence-electron chi connectivity index (χ4n) is 2.65. The monoisotopic (exact) mass is 224 g/mol. The molecule has 1 aliphatic rings. The van der Waals surface area contributed by atoms with Crippen LogP contribution in [-0.4, -0.2) is 5.11 Å². The summed E-state index contributed by atoms with van der Waals surface area (Å²) in [4.78, 5) is 0. The van der Waals surface area contributed by atoms with E-state index in [4.69, 9.17) is 0 Å². The third-order valence-electron chi connectivity index (χ3n) is 3.76. The molecule has 0 saturated carbocycles. The summed E-state index contributed by atoms with van der Waals surface area (Å²) in [6.45, 7) is 4.33. The van der Waals surface area contributed by atoms with Gasteiger partial charge in [0.15, 0.2) is 0 Å². The first-order chi connectivity index (χ1) is 8.15. The van der Waals surface area contributed by atoms with Crippen molar-refractivity contribution in [1.29, 1.82) is 0 Å². The molecule has 0 heterocycles. The van der Waals surface area contributed by atoms with Crippen molar-refractivity contribution in [3.05, 3.63) is 52.6 Å². The highest BCUT2D eigenvalue weighted by Crippen LogP contribution is 2.36. The molecule has 0 spiro atoms. The maximum atomic E-state index is 9.53. The molecular weight excluding hydrogens is 208 g/mol. The summed E-state index contributed by atoms with van der Waals surface area (Å²) < 4.78 is 0. The third kappa shape index (κ3) is 1.62. The standard InChI is InChI=1S/C16H16O/c1-10-7-12-3-4-13-9-14(17)5-6-15(13)16(12)8-11(10)2/h5-9,17H,3-4H2,1-2H3. The van der Waals surface area contributed by atoms with Gasteiger partial charge in [0.2, 0.25) is 0 Å². The Bertz CT molecular complexity index is 597. The minimum Gasteiger partial charge on any atom is -0.508 e.